The van der Waals surface area contributed by atoms with Gasteiger partial charge in [-0.05, 0) is 85.9 Å². The number of benzene rings is 3. The summed E-state index contributed by atoms with van der Waals surface area (Å²) in [5.41, 5.74) is 5.83. The lowest BCUT2D eigenvalue weighted by atomic mass is 10.1. The molecule has 0 saturated carbocycles. The molecule has 0 N–H and O–H groups in total. The number of aryl methyl sites for hydroxylation is 3. The van der Waals surface area contributed by atoms with Crippen LogP contribution >= 0.6 is 11.6 Å². The van der Waals surface area contributed by atoms with Gasteiger partial charge in [0.25, 0.3) is 0 Å². The van der Waals surface area contributed by atoms with Crippen LogP contribution in [0.4, 0.5) is 0 Å². The van der Waals surface area contributed by atoms with Crippen molar-refractivity contribution in [1.82, 2.24) is 9.55 Å². The summed E-state index contributed by atoms with van der Waals surface area (Å²) in [5.74, 6) is 1.91. The number of para-hydroxylation sites is 2. The molecule has 0 unspecified atom stereocenters. The van der Waals surface area contributed by atoms with Crippen LogP contribution in [0, 0.1) is 13.8 Å². The topological polar surface area (TPSA) is 27.1 Å². The van der Waals surface area contributed by atoms with Gasteiger partial charge >= 0.3 is 0 Å². The normalized spacial score (nSPS) is 11.5. The third kappa shape index (κ3) is 5.36. The van der Waals surface area contributed by atoms with Crippen LogP contribution in [0.15, 0.2) is 66.7 Å². The highest BCUT2D eigenvalue weighted by Crippen LogP contribution is 2.20. The molecule has 0 aliphatic rings. The molecule has 3 nitrogen and oxygen atoms in total. The first-order valence-corrected chi connectivity index (χ1v) is 11.1. The first-order chi connectivity index (χ1) is 15.1. The van der Waals surface area contributed by atoms with Gasteiger partial charge in [-0.1, -0.05) is 48.0 Å². The summed E-state index contributed by atoms with van der Waals surface area (Å²) in [5, 5.41) is 0.743. The van der Waals surface area contributed by atoms with Crippen LogP contribution in [0.25, 0.3) is 23.2 Å². The number of hydrogen-bond acceptors (Lipinski definition) is 2. The van der Waals surface area contributed by atoms with Gasteiger partial charge in [0.15, 0.2) is 0 Å². The molecule has 0 atom stereocenters. The van der Waals surface area contributed by atoms with Gasteiger partial charge in [-0.2, -0.15) is 0 Å². The van der Waals surface area contributed by atoms with Crippen LogP contribution in [0.5, 0.6) is 5.75 Å². The Kier molecular flexibility index (Phi) is 6.73. The quantitative estimate of drug-likeness (QED) is 0.273. The molecule has 158 valence electrons. The van der Waals surface area contributed by atoms with Crippen molar-refractivity contribution in [2.45, 2.75) is 33.2 Å². The number of hydrogen-bond donors (Lipinski definition) is 0. The maximum atomic E-state index is 5.99. The van der Waals surface area contributed by atoms with E-state index in [4.69, 9.17) is 21.3 Å². The van der Waals surface area contributed by atoms with Gasteiger partial charge in [-0.3, -0.25) is 0 Å². The first-order valence-electron chi connectivity index (χ1n) is 10.7. The minimum atomic E-state index is 0.713. The largest absolute Gasteiger partial charge is 0.494 e. The molecule has 0 radical (unpaired) electrons. The maximum Gasteiger partial charge on any atom is 0.133 e. The van der Waals surface area contributed by atoms with Gasteiger partial charge in [-0.15, -0.1) is 0 Å². The minimum Gasteiger partial charge on any atom is -0.494 e. The zero-order valence-electron chi connectivity index (χ0n) is 18.0. The third-order valence-corrected chi connectivity index (χ3v) is 5.75. The van der Waals surface area contributed by atoms with Crippen molar-refractivity contribution in [3.63, 3.8) is 0 Å². The highest BCUT2D eigenvalue weighted by molar-refractivity contribution is 6.30. The van der Waals surface area contributed by atoms with E-state index >= 15 is 0 Å². The van der Waals surface area contributed by atoms with E-state index in [-0.39, 0.29) is 0 Å². The number of halogens is 1. The Bertz CT molecular complexity index is 1190. The standard InChI is InChI=1S/C27H27ClN2O/c1-20-9-15-24(19-21(20)2)31-18-6-5-17-30-26-8-4-3-7-25(26)29-27(30)16-12-22-10-13-23(28)14-11-22/h3-4,7-16,19H,5-6,17-18H2,1-2H3/b16-12+. The molecule has 0 bridgehead atoms. The fourth-order valence-corrected chi connectivity index (χ4v) is 3.69. The molecule has 4 heteroatoms. The minimum absolute atomic E-state index is 0.713. The molecule has 0 amide bonds. The molecular weight excluding hydrogens is 404 g/mol. The summed E-state index contributed by atoms with van der Waals surface area (Å²) in [6.07, 6.45) is 6.17. The highest BCUT2D eigenvalue weighted by atomic mass is 35.5. The summed E-state index contributed by atoms with van der Waals surface area (Å²) in [6.45, 7) is 5.85. The van der Waals surface area contributed by atoms with Gasteiger partial charge in [0.1, 0.15) is 11.6 Å². The van der Waals surface area contributed by atoms with Crippen molar-refractivity contribution in [2.75, 3.05) is 6.61 Å². The van der Waals surface area contributed by atoms with Gasteiger partial charge < -0.3 is 9.30 Å². The van der Waals surface area contributed by atoms with E-state index in [1.807, 2.05) is 36.4 Å². The predicted molar refractivity (Wildman–Crippen MR) is 131 cm³/mol. The Morgan fingerprint density at radius 1 is 0.903 bits per heavy atom. The Balaban J connectivity index is 1.42. The average molecular weight is 431 g/mol. The highest BCUT2D eigenvalue weighted by Gasteiger charge is 2.08. The number of imidazole rings is 1. The summed E-state index contributed by atoms with van der Waals surface area (Å²) in [6, 6.07) is 22.4. The van der Waals surface area contributed by atoms with Gasteiger partial charge in [-0.25, -0.2) is 4.98 Å². The summed E-state index contributed by atoms with van der Waals surface area (Å²) in [7, 11) is 0. The smallest absolute Gasteiger partial charge is 0.133 e. The number of aromatic nitrogens is 2. The molecule has 3 aromatic carbocycles. The molecule has 0 saturated heterocycles. The van der Waals surface area contributed by atoms with E-state index in [1.165, 1.54) is 11.1 Å². The third-order valence-electron chi connectivity index (χ3n) is 5.50. The molecule has 0 spiro atoms. The van der Waals surface area contributed by atoms with Crippen LogP contribution in [-0.2, 0) is 6.54 Å². The lowest BCUT2D eigenvalue weighted by Gasteiger charge is -2.10. The van der Waals surface area contributed by atoms with Crippen molar-refractivity contribution in [1.29, 1.82) is 0 Å². The number of nitrogens with zero attached hydrogens (tertiary/aromatic N) is 2. The van der Waals surface area contributed by atoms with Gasteiger partial charge in [0.05, 0.1) is 17.6 Å². The number of fused-ring (bicyclic) bond motifs is 1. The Hall–Kier alpha value is -3.04. The second-order valence-electron chi connectivity index (χ2n) is 7.80. The lowest BCUT2D eigenvalue weighted by Crippen LogP contribution is -2.04. The van der Waals surface area contributed by atoms with Crippen LogP contribution in [0.2, 0.25) is 5.02 Å². The summed E-state index contributed by atoms with van der Waals surface area (Å²) >= 11 is 5.99. The fourth-order valence-electron chi connectivity index (χ4n) is 3.57. The van der Waals surface area contributed by atoms with E-state index in [2.05, 4.69) is 60.9 Å². The first kappa shape index (κ1) is 21.2. The average Bonchev–Trinajstić information content (AvgIpc) is 3.13. The van der Waals surface area contributed by atoms with Crippen molar-refractivity contribution in [3.05, 3.63) is 94.3 Å². The van der Waals surface area contributed by atoms with Crippen LogP contribution in [0.1, 0.15) is 35.4 Å². The fraction of sp³-hybridized carbons (Fsp3) is 0.222. The van der Waals surface area contributed by atoms with E-state index in [0.29, 0.717) is 6.61 Å². The van der Waals surface area contributed by atoms with E-state index in [1.54, 1.807) is 0 Å². The van der Waals surface area contributed by atoms with E-state index in [0.717, 1.165) is 52.6 Å². The van der Waals surface area contributed by atoms with Crippen molar-refractivity contribution >= 4 is 34.8 Å². The second kappa shape index (κ2) is 9.84. The Morgan fingerprint density at radius 2 is 1.71 bits per heavy atom. The molecule has 1 heterocycles. The number of unbranched alkanes of at least 4 members (excludes halogenated alkanes) is 1. The van der Waals surface area contributed by atoms with E-state index in [9.17, 15) is 0 Å². The summed E-state index contributed by atoms with van der Waals surface area (Å²) in [4.78, 5) is 4.83. The molecular formula is C27H27ClN2O. The van der Waals surface area contributed by atoms with Crippen molar-refractivity contribution < 1.29 is 4.74 Å². The van der Waals surface area contributed by atoms with Gasteiger partial charge in [0.2, 0.25) is 0 Å². The molecule has 0 aliphatic heterocycles. The van der Waals surface area contributed by atoms with Crippen LogP contribution in [0.3, 0.4) is 0 Å². The van der Waals surface area contributed by atoms with Gasteiger partial charge in [0, 0.05) is 11.6 Å². The number of ether oxygens (including phenoxy) is 1. The maximum absolute atomic E-state index is 5.99. The molecule has 0 fully saturated rings. The monoisotopic (exact) mass is 430 g/mol. The zero-order valence-corrected chi connectivity index (χ0v) is 18.8. The molecule has 4 aromatic rings. The molecule has 0 aliphatic carbocycles. The van der Waals surface area contributed by atoms with Crippen molar-refractivity contribution in [2.24, 2.45) is 0 Å². The second-order valence-corrected chi connectivity index (χ2v) is 8.23. The summed E-state index contributed by atoms with van der Waals surface area (Å²) < 4.78 is 8.23. The van der Waals surface area contributed by atoms with E-state index < -0.39 is 0 Å². The van der Waals surface area contributed by atoms with Crippen LogP contribution in [-0.4, -0.2) is 16.2 Å². The number of rotatable bonds is 8. The molecule has 31 heavy (non-hydrogen) atoms. The predicted octanol–water partition coefficient (Wildman–Crippen LogP) is 7.34. The Morgan fingerprint density at radius 3 is 2.52 bits per heavy atom. The zero-order chi connectivity index (χ0) is 21.6. The lowest BCUT2D eigenvalue weighted by molar-refractivity contribution is 0.303. The molecule has 4 rings (SSSR count). The molecule has 1 aromatic heterocycles. The van der Waals surface area contributed by atoms with Crippen LogP contribution < -0.4 is 4.74 Å². The van der Waals surface area contributed by atoms with Crippen molar-refractivity contribution in [3.8, 4) is 5.75 Å². The SMILES string of the molecule is Cc1ccc(OCCCCn2c(/C=C/c3ccc(Cl)cc3)nc3ccccc32)cc1C. The Labute approximate surface area is 189 Å².